The highest BCUT2D eigenvalue weighted by Gasteiger charge is 2.12. The largest absolute Gasteiger partial charge is 0.416 e. The molecule has 0 atom stereocenters. The predicted molar refractivity (Wildman–Crippen MR) is 73.3 cm³/mol. The molecule has 20 heavy (non-hydrogen) atoms. The number of nitrogens with zero attached hydrogens (tertiary/aromatic N) is 2. The quantitative estimate of drug-likeness (QED) is 0.801. The number of para-hydroxylation sites is 1. The number of primary amides is 1. The molecule has 2 amide bonds. The van der Waals surface area contributed by atoms with E-state index in [-0.39, 0.29) is 17.2 Å². The fourth-order valence-electron chi connectivity index (χ4n) is 1.46. The molecular formula is C12H12N4O3S. The Morgan fingerprint density at radius 2 is 2.10 bits per heavy atom. The van der Waals surface area contributed by atoms with E-state index in [0.29, 0.717) is 16.8 Å². The number of carbonyl (C=O) groups excluding carboxylic acids is 2. The van der Waals surface area contributed by atoms with E-state index < -0.39 is 5.91 Å². The second-order valence-corrected chi connectivity index (χ2v) is 4.76. The average molecular weight is 292 g/mol. The summed E-state index contributed by atoms with van der Waals surface area (Å²) in [4.78, 5) is 23.0. The Morgan fingerprint density at radius 1 is 1.35 bits per heavy atom. The highest BCUT2D eigenvalue weighted by atomic mass is 32.2. The van der Waals surface area contributed by atoms with E-state index in [1.807, 2.05) is 0 Å². The second kappa shape index (κ2) is 6.20. The molecule has 3 N–H and O–H groups in total. The van der Waals surface area contributed by atoms with Gasteiger partial charge in [-0.2, -0.15) is 0 Å². The van der Waals surface area contributed by atoms with E-state index in [9.17, 15) is 9.59 Å². The van der Waals surface area contributed by atoms with Crippen molar-refractivity contribution in [3.05, 3.63) is 35.7 Å². The number of hydrogen-bond acceptors (Lipinski definition) is 6. The third-order valence-corrected chi connectivity index (χ3v) is 3.12. The van der Waals surface area contributed by atoms with Gasteiger partial charge in [0.2, 0.25) is 11.8 Å². The monoisotopic (exact) mass is 292 g/mol. The summed E-state index contributed by atoms with van der Waals surface area (Å²) in [5, 5.41) is 10.4. The van der Waals surface area contributed by atoms with Gasteiger partial charge >= 0.3 is 0 Å². The summed E-state index contributed by atoms with van der Waals surface area (Å²) in [5.74, 6) is -0.359. The van der Waals surface area contributed by atoms with E-state index in [1.54, 1.807) is 31.2 Å². The number of aromatic nitrogens is 2. The van der Waals surface area contributed by atoms with Crippen LogP contribution in [0.2, 0.25) is 0 Å². The van der Waals surface area contributed by atoms with Crippen molar-refractivity contribution < 1.29 is 14.0 Å². The van der Waals surface area contributed by atoms with Gasteiger partial charge in [-0.05, 0) is 12.1 Å². The number of nitrogens with one attached hydrogen (secondary N) is 1. The van der Waals surface area contributed by atoms with Crippen LogP contribution in [-0.2, 0) is 4.79 Å². The number of rotatable bonds is 5. The Bertz CT molecular complexity index is 641. The lowest BCUT2D eigenvalue weighted by atomic mass is 10.1. The first kappa shape index (κ1) is 14.1. The van der Waals surface area contributed by atoms with Crippen LogP contribution in [0.3, 0.4) is 0 Å². The van der Waals surface area contributed by atoms with Crippen LogP contribution in [0.1, 0.15) is 16.2 Å². The fourth-order valence-corrected chi connectivity index (χ4v) is 2.06. The Balaban J connectivity index is 1.96. The van der Waals surface area contributed by atoms with Crippen molar-refractivity contribution in [1.82, 2.24) is 10.2 Å². The highest BCUT2D eigenvalue weighted by molar-refractivity contribution is 7.99. The summed E-state index contributed by atoms with van der Waals surface area (Å²) in [7, 11) is 0. The molecule has 1 aromatic heterocycles. The summed E-state index contributed by atoms with van der Waals surface area (Å²) >= 11 is 1.11. The molecule has 0 aliphatic rings. The van der Waals surface area contributed by atoms with Gasteiger partial charge in [-0.25, -0.2) is 0 Å². The first-order valence-electron chi connectivity index (χ1n) is 5.68. The minimum absolute atomic E-state index is 0.0920. The zero-order valence-electron chi connectivity index (χ0n) is 10.6. The number of anilines is 1. The molecule has 0 aliphatic heterocycles. The van der Waals surface area contributed by atoms with Gasteiger partial charge in [0.15, 0.2) is 0 Å². The standard InChI is InChI=1S/C12H12N4O3S/c1-7-15-16-12(19-7)20-6-10(17)14-9-5-3-2-4-8(9)11(13)18/h2-5H,6H2,1H3,(H2,13,18)(H,14,17). The van der Waals surface area contributed by atoms with Crippen LogP contribution in [0.4, 0.5) is 5.69 Å². The minimum Gasteiger partial charge on any atom is -0.416 e. The molecule has 0 saturated carbocycles. The van der Waals surface area contributed by atoms with Crippen LogP contribution in [0.15, 0.2) is 33.9 Å². The topological polar surface area (TPSA) is 111 Å². The summed E-state index contributed by atoms with van der Waals surface area (Å²) < 4.78 is 5.13. The van der Waals surface area contributed by atoms with Gasteiger partial charge in [0.05, 0.1) is 17.0 Å². The Hall–Kier alpha value is -2.35. The average Bonchev–Trinajstić information content (AvgIpc) is 2.83. The van der Waals surface area contributed by atoms with Crippen LogP contribution in [0.5, 0.6) is 0 Å². The predicted octanol–water partition coefficient (Wildman–Crippen LogP) is 1.21. The number of nitrogens with two attached hydrogens (primary N) is 1. The third-order valence-electron chi connectivity index (χ3n) is 2.30. The molecule has 1 heterocycles. The lowest BCUT2D eigenvalue weighted by Gasteiger charge is -2.07. The molecule has 0 fully saturated rings. The van der Waals surface area contributed by atoms with E-state index in [0.717, 1.165) is 11.8 Å². The molecule has 0 unspecified atom stereocenters. The van der Waals surface area contributed by atoms with Crippen LogP contribution in [-0.4, -0.2) is 27.8 Å². The number of aryl methyl sites for hydroxylation is 1. The molecule has 0 radical (unpaired) electrons. The SMILES string of the molecule is Cc1nnc(SCC(=O)Nc2ccccc2C(N)=O)o1. The van der Waals surface area contributed by atoms with Crippen LogP contribution in [0.25, 0.3) is 0 Å². The zero-order valence-corrected chi connectivity index (χ0v) is 11.4. The lowest BCUT2D eigenvalue weighted by Crippen LogP contribution is -2.19. The van der Waals surface area contributed by atoms with Gasteiger partial charge in [-0.1, -0.05) is 23.9 Å². The highest BCUT2D eigenvalue weighted by Crippen LogP contribution is 2.18. The van der Waals surface area contributed by atoms with Crippen molar-refractivity contribution >= 4 is 29.3 Å². The number of benzene rings is 1. The maximum atomic E-state index is 11.8. The molecule has 0 aliphatic carbocycles. The molecule has 0 spiro atoms. The number of amides is 2. The Kier molecular flexibility index (Phi) is 4.36. The van der Waals surface area contributed by atoms with Crippen molar-refractivity contribution in [1.29, 1.82) is 0 Å². The van der Waals surface area contributed by atoms with Crippen molar-refractivity contribution in [2.75, 3.05) is 11.1 Å². The molecule has 7 nitrogen and oxygen atoms in total. The summed E-state index contributed by atoms with van der Waals surface area (Å²) in [6.07, 6.45) is 0. The molecule has 0 saturated heterocycles. The maximum Gasteiger partial charge on any atom is 0.277 e. The zero-order chi connectivity index (χ0) is 14.5. The van der Waals surface area contributed by atoms with Crippen LogP contribution >= 0.6 is 11.8 Å². The van der Waals surface area contributed by atoms with Crippen LogP contribution in [0, 0.1) is 6.92 Å². The molecular weight excluding hydrogens is 280 g/mol. The molecule has 2 rings (SSSR count). The smallest absolute Gasteiger partial charge is 0.277 e. The minimum atomic E-state index is -0.596. The van der Waals surface area contributed by atoms with Gasteiger partial charge in [-0.15, -0.1) is 10.2 Å². The summed E-state index contributed by atoms with van der Waals surface area (Å²) in [5.41, 5.74) is 5.87. The third kappa shape index (κ3) is 3.58. The van der Waals surface area contributed by atoms with Crippen molar-refractivity contribution in [3.8, 4) is 0 Å². The van der Waals surface area contributed by atoms with Gasteiger partial charge in [0.25, 0.3) is 11.1 Å². The lowest BCUT2D eigenvalue weighted by molar-refractivity contribution is -0.113. The molecule has 0 bridgehead atoms. The Morgan fingerprint density at radius 3 is 2.75 bits per heavy atom. The van der Waals surface area contributed by atoms with Crippen molar-refractivity contribution in [2.45, 2.75) is 12.1 Å². The fraction of sp³-hybridized carbons (Fsp3) is 0.167. The number of hydrogen-bond donors (Lipinski definition) is 2. The van der Waals surface area contributed by atoms with E-state index >= 15 is 0 Å². The molecule has 2 aromatic rings. The number of carbonyl (C=O) groups is 2. The van der Waals surface area contributed by atoms with E-state index in [4.69, 9.17) is 10.2 Å². The molecule has 104 valence electrons. The van der Waals surface area contributed by atoms with E-state index in [1.165, 1.54) is 0 Å². The van der Waals surface area contributed by atoms with Gasteiger partial charge < -0.3 is 15.5 Å². The summed E-state index contributed by atoms with van der Waals surface area (Å²) in [6, 6.07) is 6.54. The summed E-state index contributed by atoms with van der Waals surface area (Å²) in [6.45, 7) is 1.67. The normalized spacial score (nSPS) is 10.2. The van der Waals surface area contributed by atoms with Crippen molar-refractivity contribution in [3.63, 3.8) is 0 Å². The second-order valence-electron chi connectivity index (χ2n) is 3.83. The van der Waals surface area contributed by atoms with Gasteiger partial charge in [-0.3, -0.25) is 9.59 Å². The van der Waals surface area contributed by atoms with Crippen LogP contribution < -0.4 is 11.1 Å². The van der Waals surface area contributed by atoms with Gasteiger partial charge in [0, 0.05) is 6.92 Å². The van der Waals surface area contributed by atoms with Gasteiger partial charge in [0.1, 0.15) is 0 Å². The number of thioether (sulfide) groups is 1. The first-order valence-corrected chi connectivity index (χ1v) is 6.66. The first-order chi connectivity index (χ1) is 9.56. The Labute approximate surface area is 118 Å². The van der Waals surface area contributed by atoms with E-state index in [2.05, 4.69) is 15.5 Å². The van der Waals surface area contributed by atoms with Crippen molar-refractivity contribution in [2.24, 2.45) is 5.73 Å². The molecule has 8 heteroatoms. The molecule has 1 aromatic carbocycles. The maximum absolute atomic E-state index is 11.8.